The average molecular weight is 492 g/mol. The van der Waals surface area contributed by atoms with Crippen molar-refractivity contribution in [2.75, 3.05) is 7.11 Å². The second-order valence-corrected chi connectivity index (χ2v) is 8.43. The number of benzene rings is 4. The molecule has 0 atom stereocenters. The van der Waals surface area contributed by atoms with Crippen LogP contribution in [0, 0.1) is 0 Å². The van der Waals surface area contributed by atoms with Gasteiger partial charge in [-0.1, -0.05) is 54.6 Å². The van der Waals surface area contributed by atoms with Gasteiger partial charge in [0.2, 0.25) is 0 Å². The molecule has 184 valence electrons. The molecule has 4 aromatic carbocycles. The summed E-state index contributed by atoms with van der Waals surface area (Å²) in [6, 6.07) is 29.9. The summed E-state index contributed by atoms with van der Waals surface area (Å²) in [5.41, 5.74) is 5.71. The van der Waals surface area contributed by atoms with Gasteiger partial charge < -0.3 is 14.0 Å². The van der Waals surface area contributed by atoms with E-state index in [1.54, 1.807) is 37.6 Å². The first kappa shape index (κ1) is 23.8. The summed E-state index contributed by atoms with van der Waals surface area (Å²) in [5, 5.41) is 5.27. The minimum Gasteiger partial charge on any atom is -0.493 e. The Labute approximate surface area is 213 Å². The zero-order valence-electron chi connectivity index (χ0n) is 20.3. The third-order valence-electron chi connectivity index (χ3n) is 6.01. The van der Waals surface area contributed by atoms with Crippen molar-refractivity contribution in [2.45, 2.75) is 13.2 Å². The molecule has 1 N–H and O–H groups in total. The molecule has 0 unspecified atom stereocenters. The highest BCUT2D eigenvalue weighted by molar-refractivity contribution is 5.95. The number of pyridine rings is 1. The van der Waals surface area contributed by atoms with E-state index in [4.69, 9.17) is 9.47 Å². The molecule has 5 rings (SSSR count). The summed E-state index contributed by atoms with van der Waals surface area (Å²) in [7, 11) is 1.59. The maximum atomic E-state index is 12.9. The maximum absolute atomic E-state index is 12.9. The molecule has 1 amide bonds. The van der Waals surface area contributed by atoms with Crippen molar-refractivity contribution < 1.29 is 14.3 Å². The highest BCUT2D eigenvalue weighted by Crippen LogP contribution is 2.28. The molecule has 37 heavy (non-hydrogen) atoms. The normalized spacial score (nSPS) is 11.2. The lowest BCUT2D eigenvalue weighted by atomic mass is 10.1. The molecular formula is C30H25N3O4. The van der Waals surface area contributed by atoms with Crippen molar-refractivity contribution in [1.82, 2.24) is 9.99 Å². The van der Waals surface area contributed by atoms with Crippen molar-refractivity contribution >= 4 is 33.9 Å². The minimum atomic E-state index is -0.315. The van der Waals surface area contributed by atoms with Crippen LogP contribution in [-0.2, 0) is 17.9 Å². The molecule has 1 aromatic heterocycles. The number of aromatic nitrogens is 1. The lowest BCUT2D eigenvalue weighted by Gasteiger charge is -2.14. The molecule has 0 aliphatic carbocycles. The van der Waals surface area contributed by atoms with Crippen molar-refractivity contribution in [3.8, 4) is 11.5 Å². The van der Waals surface area contributed by atoms with Crippen LogP contribution >= 0.6 is 0 Å². The third-order valence-corrected chi connectivity index (χ3v) is 6.01. The Hall–Kier alpha value is -4.91. The summed E-state index contributed by atoms with van der Waals surface area (Å²) < 4.78 is 13.2. The Kier molecular flexibility index (Phi) is 6.94. The first-order chi connectivity index (χ1) is 18.1. The molecule has 7 nitrogen and oxygen atoms in total. The predicted octanol–water partition coefficient (Wildman–Crippen LogP) is 4.89. The number of hydrogen-bond acceptors (Lipinski definition) is 5. The zero-order chi connectivity index (χ0) is 25.6. The van der Waals surface area contributed by atoms with Gasteiger partial charge in [0.15, 0.2) is 16.9 Å². The first-order valence-corrected chi connectivity index (χ1v) is 11.8. The number of fused-ring (bicyclic) bond motifs is 2. The fourth-order valence-corrected chi connectivity index (χ4v) is 4.23. The van der Waals surface area contributed by atoms with Gasteiger partial charge in [0.1, 0.15) is 13.2 Å². The van der Waals surface area contributed by atoms with E-state index >= 15 is 0 Å². The second-order valence-electron chi connectivity index (χ2n) is 8.43. The van der Waals surface area contributed by atoms with Gasteiger partial charge in [0.05, 0.1) is 24.4 Å². The number of carbonyl (C=O) groups excluding carboxylic acids is 1. The number of carbonyl (C=O) groups is 1. The summed E-state index contributed by atoms with van der Waals surface area (Å²) >= 11 is 0. The standard InChI is InChI=1S/C30H25N3O4/c1-36-27-16-15-22(17-28(27)37-20-21-9-3-2-4-10-21)18-31-32-29(34)19-33-25-13-7-5-11-23(25)30(35)24-12-6-8-14-26(24)33/h2-18H,19-20H2,1H3,(H,32,34)/b31-18-. The number of nitrogens with one attached hydrogen (secondary N) is 1. The lowest BCUT2D eigenvalue weighted by Crippen LogP contribution is -2.25. The average Bonchev–Trinajstić information content (AvgIpc) is 2.95. The van der Waals surface area contributed by atoms with Crippen LogP contribution in [0.4, 0.5) is 0 Å². The van der Waals surface area contributed by atoms with Crippen LogP contribution in [-0.4, -0.2) is 23.8 Å². The number of rotatable bonds is 8. The van der Waals surface area contributed by atoms with Gasteiger partial charge in [-0.2, -0.15) is 5.10 Å². The maximum Gasteiger partial charge on any atom is 0.260 e. The van der Waals surface area contributed by atoms with E-state index in [2.05, 4.69) is 10.5 Å². The van der Waals surface area contributed by atoms with Crippen molar-refractivity contribution in [3.63, 3.8) is 0 Å². The number of para-hydroxylation sites is 2. The Balaban J connectivity index is 1.32. The van der Waals surface area contributed by atoms with Gasteiger partial charge in [-0.15, -0.1) is 0 Å². The number of hydrazone groups is 1. The minimum absolute atomic E-state index is 0.00664. The number of nitrogens with zero attached hydrogens (tertiary/aromatic N) is 2. The van der Waals surface area contributed by atoms with Crippen LogP contribution in [0.5, 0.6) is 11.5 Å². The molecule has 0 fully saturated rings. The van der Waals surface area contributed by atoms with E-state index in [1.807, 2.05) is 77.4 Å². The molecule has 0 aliphatic heterocycles. The highest BCUT2D eigenvalue weighted by atomic mass is 16.5. The van der Waals surface area contributed by atoms with Gasteiger partial charge in [-0.25, -0.2) is 5.43 Å². The summed E-state index contributed by atoms with van der Waals surface area (Å²) in [6.07, 6.45) is 1.55. The Morgan fingerprint density at radius 2 is 1.51 bits per heavy atom. The topological polar surface area (TPSA) is 81.9 Å². The van der Waals surface area contributed by atoms with E-state index in [-0.39, 0.29) is 17.9 Å². The van der Waals surface area contributed by atoms with E-state index < -0.39 is 0 Å². The van der Waals surface area contributed by atoms with Crippen molar-refractivity contribution in [1.29, 1.82) is 0 Å². The monoisotopic (exact) mass is 491 g/mol. The molecule has 1 heterocycles. The van der Waals surface area contributed by atoms with Crippen LogP contribution in [0.15, 0.2) is 107 Å². The number of amides is 1. The van der Waals surface area contributed by atoms with Gasteiger partial charge in [0, 0.05) is 10.8 Å². The van der Waals surface area contributed by atoms with Gasteiger partial charge >= 0.3 is 0 Å². The van der Waals surface area contributed by atoms with Crippen LogP contribution in [0.25, 0.3) is 21.8 Å². The highest BCUT2D eigenvalue weighted by Gasteiger charge is 2.12. The molecule has 0 spiro atoms. The molecule has 0 aliphatic rings. The van der Waals surface area contributed by atoms with E-state index in [0.29, 0.717) is 39.9 Å². The molecule has 0 saturated heterocycles. The molecule has 0 bridgehead atoms. The van der Waals surface area contributed by atoms with Gasteiger partial charge in [0.25, 0.3) is 5.91 Å². The Bertz CT molecular complexity index is 1600. The molecule has 7 heteroatoms. The third kappa shape index (κ3) is 5.21. The fraction of sp³-hybridized carbons (Fsp3) is 0.100. The summed E-state index contributed by atoms with van der Waals surface area (Å²) in [4.78, 5) is 25.7. The van der Waals surface area contributed by atoms with Crippen LogP contribution in [0.2, 0.25) is 0 Å². The number of ether oxygens (including phenoxy) is 2. The molecule has 5 aromatic rings. The zero-order valence-corrected chi connectivity index (χ0v) is 20.3. The van der Waals surface area contributed by atoms with Crippen molar-refractivity contribution in [2.24, 2.45) is 5.10 Å². The van der Waals surface area contributed by atoms with Gasteiger partial charge in [-0.3, -0.25) is 9.59 Å². The van der Waals surface area contributed by atoms with E-state index in [0.717, 1.165) is 11.1 Å². The largest absolute Gasteiger partial charge is 0.493 e. The van der Waals surface area contributed by atoms with E-state index in [9.17, 15) is 9.59 Å². The summed E-state index contributed by atoms with van der Waals surface area (Å²) in [6.45, 7) is 0.405. The molecule has 0 radical (unpaired) electrons. The molecular weight excluding hydrogens is 466 g/mol. The Morgan fingerprint density at radius 3 is 2.19 bits per heavy atom. The second kappa shape index (κ2) is 10.8. The van der Waals surface area contributed by atoms with Gasteiger partial charge in [-0.05, 0) is 53.6 Å². The SMILES string of the molecule is COc1ccc(/C=N\NC(=O)Cn2c3ccccc3c(=O)c3ccccc32)cc1OCc1ccccc1. The Morgan fingerprint density at radius 1 is 0.865 bits per heavy atom. The van der Waals surface area contributed by atoms with E-state index in [1.165, 1.54) is 0 Å². The fourth-order valence-electron chi connectivity index (χ4n) is 4.23. The number of methoxy groups -OCH3 is 1. The van der Waals surface area contributed by atoms with Crippen molar-refractivity contribution in [3.05, 3.63) is 118 Å². The van der Waals surface area contributed by atoms with Crippen LogP contribution < -0.4 is 20.3 Å². The lowest BCUT2D eigenvalue weighted by molar-refractivity contribution is -0.121. The quantitative estimate of drug-likeness (QED) is 0.190. The number of hydrogen-bond donors (Lipinski definition) is 1. The smallest absolute Gasteiger partial charge is 0.260 e. The first-order valence-electron chi connectivity index (χ1n) is 11.8. The van der Waals surface area contributed by atoms with Crippen LogP contribution in [0.3, 0.4) is 0 Å². The molecule has 0 saturated carbocycles. The van der Waals surface area contributed by atoms with Crippen LogP contribution in [0.1, 0.15) is 11.1 Å². The summed E-state index contributed by atoms with van der Waals surface area (Å²) in [5.74, 6) is 0.867. The predicted molar refractivity (Wildman–Crippen MR) is 145 cm³/mol.